The summed E-state index contributed by atoms with van der Waals surface area (Å²) in [7, 11) is 0. The molecule has 0 aromatic carbocycles. The normalized spacial score (nSPS) is 29.5. The molecule has 1 rings (SSSR count). The predicted octanol–water partition coefficient (Wildman–Crippen LogP) is 0.957. The zero-order valence-corrected chi connectivity index (χ0v) is 7.58. The van der Waals surface area contributed by atoms with Crippen molar-refractivity contribution in [1.82, 2.24) is 4.90 Å². The highest BCUT2D eigenvalue weighted by Gasteiger charge is 2.36. The second kappa shape index (κ2) is 4.07. The van der Waals surface area contributed by atoms with Crippen molar-refractivity contribution in [3.63, 3.8) is 0 Å². The fraction of sp³-hybridized carbons (Fsp3) is 1.00. The third-order valence-electron chi connectivity index (χ3n) is 2.69. The molecule has 1 aliphatic rings. The van der Waals surface area contributed by atoms with Crippen LogP contribution in [0, 0.1) is 11.8 Å². The molecule has 66 valence electrons. The highest BCUT2D eigenvalue weighted by molar-refractivity contribution is 4.87. The first-order chi connectivity index (χ1) is 5.31. The van der Waals surface area contributed by atoms with Gasteiger partial charge in [0.2, 0.25) is 0 Å². The van der Waals surface area contributed by atoms with Gasteiger partial charge in [-0.15, -0.1) is 0 Å². The van der Waals surface area contributed by atoms with E-state index >= 15 is 0 Å². The maximum atomic E-state index is 8.82. The molecule has 0 saturated heterocycles. The molecular weight excluding hydrogens is 138 g/mol. The van der Waals surface area contributed by atoms with Gasteiger partial charge in [-0.25, -0.2) is 0 Å². The largest absolute Gasteiger partial charge is 0.396 e. The molecule has 0 heterocycles. The van der Waals surface area contributed by atoms with Gasteiger partial charge in [0.1, 0.15) is 0 Å². The van der Waals surface area contributed by atoms with Gasteiger partial charge < -0.3 is 10.0 Å². The summed E-state index contributed by atoms with van der Waals surface area (Å²) in [6, 6.07) is 0. The van der Waals surface area contributed by atoms with E-state index in [1.807, 2.05) is 0 Å². The van der Waals surface area contributed by atoms with Gasteiger partial charge in [0.25, 0.3) is 0 Å². The molecule has 0 amide bonds. The van der Waals surface area contributed by atoms with E-state index in [2.05, 4.69) is 18.7 Å². The van der Waals surface area contributed by atoms with Crippen molar-refractivity contribution in [2.24, 2.45) is 11.8 Å². The third-order valence-corrected chi connectivity index (χ3v) is 2.69. The quantitative estimate of drug-likeness (QED) is 0.642. The van der Waals surface area contributed by atoms with Crippen LogP contribution in [0.4, 0.5) is 0 Å². The number of hydrogen-bond acceptors (Lipinski definition) is 2. The second-order valence-corrected chi connectivity index (χ2v) is 3.42. The molecule has 0 spiro atoms. The van der Waals surface area contributed by atoms with Crippen LogP contribution in [0.2, 0.25) is 0 Å². The molecule has 2 heteroatoms. The minimum atomic E-state index is 0.395. The lowest BCUT2D eigenvalue weighted by Crippen LogP contribution is -2.25. The fourth-order valence-electron chi connectivity index (χ4n) is 1.57. The van der Waals surface area contributed by atoms with Crippen LogP contribution in [0.25, 0.3) is 0 Å². The van der Waals surface area contributed by atoms with Crippen LogP contribution in [0.15, 0.2) is 0 Å². The van der Waals surface area contributed by atoms with Gasteiger partial charge in [-0.2, -0.15) is 0 Å². The standard InChI is InChI=1S/C9H19NO/c1-3-10(4-2)6-8-5-9(8)7-11/h8-9,11H,3-7H2,1-2H3/t8-,9-/m1/s1. The van der Waals surface area contributed by atoms with Crippen LogP contribution in [0.3, 0.4) is 0 Å². The first-order valence-corrected chi connectivity index (χ1v) is 4.65. The average molecular weight is 157 g/mol. The van der Waals surface area contributed by atoms with E-state index in [9.17, 15) is 0 Å². The van der Waals surface area contributed by atoms with Crippen molar-refractivity contribution in [2.75, 3.05) is 26.2 Å². The molecule has 1 aliphatic carbocycles. The van der Waals surface area contributed by atoms with E-state index in [0.717, 1.165) is 19.0 Å². The van der Waals surface area contributed by atoms with Gasteiger partial charge in [0, 0.05) is 13.2 Å². The summed E-state index contributed by atoms with van der Waals surface area (Å²) in [5, 5.41) is 8.82. The molecule has 1 saturated carbocycles. The summed E-state index contributed by atoms with van der Waals surface area (Å²) in [6.45, 7) is 8.26. The lowest BCUT2D eigenvalue weighted by Gasteiger charge is -2.17. The van der Waals surface area contributed by atoms with E-state index in [1.165, 1.54) is 13.0 Å². The molecule has 11 heavy (non-hydrogen) atoms. The van der Waals surface area contributed by atoms with Crippen LogP contribution in [0.1, 0.15) is 20.3 Å². The SMILES string of the molecule is CCN(CC)C[C@H]1C[C@@H]1CO. The monoisotopic (exact) mass is 157 g/mol. The van der Waals surface area contributed by atoms with Gasteiger partial charge in [0.15, 0.2) is 0 Å². The molecule has 2 atom stereocenters. The first-order valence-electron chi connectivity index (χ1n) is 4.65. The summed E-state index contributed by atoms with van der Waals surface area (Å²) in [5.41, 5.74) is 0. The summed E-state index contributed by atoms with van der Waals surface area (Å²) >= 11 is 0. The van der Waals surface area contributed by atoms with Crippen LogP contribution in [-0.2, 0) is 0 Å². The number of aliphatic hydroxyl groups is 1. The first kappa shape index (κ1) is 9.01. The molecule has 2 nitrogen and oxygen atoms in total. The summed E-state index contributed by atoms with van der Waals surface area (Å²) in [5.74, 6) is 1.41. The van der Waals surface area contributed by atoms with Crippen molar-refractivity contribution in [1.29, 1.82) is 0 Å². The van der Waals surface area contributed by atoms with E-state index in [0.29, 0.717) is 12.5 Å². The Balaban J connectivity index is 2.11. The van der Waals surface area contributed by atoms with Gasteiger partial charge in [-0.05, 0) is 31.3 Å². The Bertz CT molecular complexity index is 112. The van der Waals surface area contributed by atoms with Gasteiger partial charge in [-0.1, -0.05) is 13.8 Å². The van der Waals surface area contributed by atoms with Crippen LogP contribution in [0.5, 0.6) is 0 Å². The molecule has 0 bridgehead atoms. The Hall–Kier alpha value is -0.0800. The second-order valence-electron chi connectivity index (χ2n) is 3.42. The lowest BCUT2D eigenvalue weighted by atomic mass is 10.3. The minimum Gasteiger partial charge on any atom is -0.396 e. The number of aliphatic hydroxyl groups excluding tert-OH is 1. The fourth-order valence-corrected chi connectivity index (χ4v) is 1.57. The molecule has 0 radical (unpaired) electrons. The van der Waals surface area contributed by atoms with Crippen LogP contribution < -0.4 is 0 Å². The highest BCUT2D eigenvalue weighted by atomic mass is 16.3. The summed E-state index contributed by atoms with van der Waals surface area (Å²) in [4.78, 5) is 2.43. The van der Waals surface area contributed by atoms with Gasteiger partial charge in [-0.3, -0.25) is 0 Å². The maximum absolute atomic E-state index is 8.82. The smallest absolute Gasteiger partial charge is 0.0462 e. The number of nitrogens with zero attached hydrogens (tertiary/aromatic N) is 1. The van der Waals surface area contributed by atoms with Crippen molar-refractivity contribution in [3.8, 4) is 0 Å². The molecule has 0 aromatic heterocycles. The van der Waals surface area contributed by atoms with Gasteiger partial charge >= 0.3 is 0 Å². The Morgan fingerprint density at radius 3 is 2.27 bits per heavy atom. The zero-order chi connectivity index (χ0) is 8.27. The Labute approximate surface area is 69.2 Å². The maximum Gasteiger partial charge on any atom is 0.0462 e. The van der Waals surface area contributed by atoms with Crippen molar-refractivity contribution >= 4 is 0 Å². The zero-order valence-electron chi connectivity index (χ0n) is 7.58. The predicted molar refractivity (Wildman–Crippen MR) is 46.5 cm³/mol. The van der Waals surface area contributed by atoms with Crippen LogP contribution >= 0.6 is 0 Å². The third kappa shape index (κ3) is 2.46. The number of hydrogen-bond donors (Lipinski definition) is 1. The van der Waals surface area contributed by atoms with Crippen molar-refractivity contribution in [3.05, 3.63) is 0 Å². The molecule has 1 fully saturated rings. The van der Waals surface area contributed by atoms with Crippen LogP contribution in [-0.4, -0.2) is 36.2 Å². The van der Waals surface area contributed by atoms with E-state index < -0.39 is 0 Å². The van der Waals surface area contributed by atoms with E-state index in [4.69, 9.17) is 5.11 Å². The molecule has 1 N–H and O–H groups in total. The molecule has 0 aliphatic heterocycles. The molecule has 0 unspecified atom stereocenters. The van der Waals surface area contributed by atoms with Crippen molar-refractivity contribution < 1.29 is 5.11 Å². The average Bonchev–Trinajstić information content (AvgIpc) is 2.78. The molecule has 0 aromatic rings. The summed E-state index contributed by atoms with van der Waals surface area (Å²) in [6.07, 6.45) is 1.24. The molecular formula is C9H19NO. The van der Waals surface area contributed by atoms with E-state index in [-0.39, 0.29) is 0 Å². The topological polar surface area (TPSA) is 23.5 Å². The highest BCUT2D eigenvalue weighted by Crippen LogP contribution is 2.38. The Morgan fingerprint density at radius 1 is 1.27 bits per heavy atom. The minimum absolute atomic E-state index is 0.395. The van der Waals surface area contributed by atoms with Gasteiger partial charge in [0.05, 0.1) is 0 Å². The Kier molecular flexibility index (Phi) is 3.34. The lowest BCUT2D eigenvalue weighted by molar-refractivity contribution is 0.244. The van der Waals surface area contributed by atoms with E-state index in [1.54, 1.807) is 0 Å². The van der Waals surface area contributed by atoms with Crippen molar-refractivity contribution in [2.45, 2.75) is 20.3 Å². The number of rotatable bonds is 5. The summed E-state index contributed by atoms with van der Waals surface area (Å²) < 4.78 is 0. The Morgan fingerprint density at radius 2 is 1.91 bits per heavy atom.